The van der Waals surface area contributed by atoms with Crippen LogP contribution in [0.25, 0.3) is 10.2 Å². The number of fused-ring (bicyclic) bond motifs is 2. The van der Waals surface area contributed by atoms with Gasteiger partial charge in [0.05, 0.1) is 17.6 Å². The van der Waals surface area contributed by atoms with Crippen molar-refractivity contribution in [1.82, 2.24) is 9.97 Å². The number of anilines is 1. The molecule has 0 fully saturated rings. The zero-order valence-electron chi connectivity index (χ0n) is 14.1. The van der Waals surface area contributed by atoms with Gasteiger partial charge in [0.1, 0.15) is 22.9 Å². The van der Waals surface area contributed by atoms with E-state index in [1.165, 1.54) is 16.2 Å². The fourth-order valence-corrected chi connectivity index (χ4v) is 3.54. The van der Waals surface area contributed by atoms with E-state index < -0.39 is 5.97 Å². The Balaban J connectivity index is 1.37. The van der Waals surface area contributed by atoms with Crippen LogP contribution in [0.4, 0.5) is 5.69 Å². The first-order valence-electron chi connectivity index (χ1n) is 8.26. The standard InChI is InChI=1S/C18H15N3O5S/c22-15-10-25-13-4-2-1-3-12(13)21(15)7-5-16(23)26-9-14-19-11-6-8-27-17(11)18(24)20-14/h1-4,6,8H,5,7,9-10H2,(H,19,20,24). The van der Waals surface area contributed by atoms with Crippen molar-refractivity contribution in [2.45, 2.75) is 13.0 Å². The van der Waals surface area contributed by atoms with Crippen molar-refractivity contribution in [2.75, 3.05) is 18.1 Å². The number of thiophene rings is 1. The van der Waals surface area contributed by atoms with E-state index >= 15 is 0 Å². The summed E-state index contributed by atoms with van der Waals surface area (Å²) in [7, 11) is 0. The van der Waals surface area contributed by atoms with Crippen LogP contribution in [0.2, 0.25) is 0 Å². The van der Waals surface area contributed by atoms with E-state index in [9.17, 15) is 14.4 Å². The molecule has 0 unspecified atom stereocenters. The third-order valence-corrected chi connectivity index (χ3v) is 4.98. The van der Waals surface area contributed by atoms with Gasteiger partial charge in [0.2, 0.25) is 0 Å². The van der Waals surface area contributed by atoms with Crippen molar-refractivity contribution in [3.63, 3.8) is 0 Å². The maximum absolute atomic E-state index is 12.1. The Morgan fingerprint density at radius 2 is 2.15 bits per heavy atom. The highest BCUT2D eigenvalue weighted by molar-refractivity contribution is 7.17. The van der Waals surface area contributed by atoms with Gasteiger partial charge in [-0.25, -0.2) is 4.98 Å². The van der Waals surface area contributed by atoms with E-state index in [1.54, 1.807) is 29.6 Å². The summed E-state index contributed by atoms with van der Waals surface area (Å²) in [4.78, 5) is 44.4. The highest BCUT2D eigenvalue weighted by Crippen LogP contribution is 2.31. The molecule has 0 saturated heterocycles. The normalized spacial score (nSPS) is 13.3. The molecule has 0 spiro atoms. The van der Waals surface area contributed by atoms with Gasteiger partial charge in [-0.1, -0.05) is 12.1 Å². The summed E-state index contributed by atoms with van der Waals surface area (Å²) in [5, 5.41) is 1.78. The number of H-pyrrole nitrogens is 1. The van der Waals surface area contributed by atoms with E-state index in [-0.39, 0.29) is 43.5 Å². The van der Waals surface area contributed by atoms with Crippen molar-refractivity contribution < 1.29 is 19.1 Å². The number of nitrogens with one attached hydrogen (secondary N) is 1. The van der Waals surface area contributed by atoms with E-state index in [4.69, 9.17) is 9.47 Å². The van der Waals surface area contributed by atoms with Crippen molar-refractivity contribution in [3.05, 3.63) is 51.9 Å². The maximum atomic E-state index is 12.1. The Bertz CT molecular complexity index is 1070. The van der Waals surface area contributed by atoms with Gasteiger partial charge < -0.3 is 19.4 Å². The number of ether oxygens (including phenoxy) is 2. The van der Waals surface area contributed by atoms with Crippen molar-refractivity contribution in [2.24, 2.45) is 0 Å². The van der Waals surface area contributed by atoms with Gasteiger partial charge >= 0.3 is 5.97 Å². The number of aromatic amines is 1. The van der Waals surface area contributed by atoms with Crippen molar-refractivity contribution in [1.29, 1.82) is 0 Å². The van der Waals surface area contributed by atoms with Gasteiger partial charge in [-0.05, 0) is 23.6 Å². The predicted molar refractivity (Wildman–Crippen MR) is 98.9 cm³/mol. The molecule has 0 bridgehead atoms. The minimum Gasteiger partial charge on any atom is -0.482 e. The number of esters is 1. The van der Waals surface area contributed by atoms with Crippen LogP contribution >= 0.6 is 11.3 Å². The summed E-state index contributed by atoms with van der Waals surface area (Å²) >= 11 is 1.30. The lowest BCUT2D eigenvalue weighted by molar-refractivity contribution is -0.145. The molecule has 8 nitrogen and oxygen atoms in total. The minimum atomic E-state index is -0.486. The van der Waals surface area contributed by atoms with Crippen LogP contribution in [0.15, 0.2) is 40.5 Å². The Kier molecular flexibility index (Phi) is 4.59. The fourth-order valence-electron chi connectivity index (χ4n) is 2.81. The second-order valence-corrected chi connectivity index (χ2v) is 6.78. The first-order chi connectivity index (χ1) is 13.1. The number of hydrogen-bond acceptors (Lipinski definition) is 7. The second kappa shape index (κ2) is 7.20. The molecule has 0 radical (unpaired) electrons. The molecule has 4 rings (SSSR count). The molecule has 1 aliphatic rings. The SMILES string of the molecule is O=C(CCN1C(=O)COc2ccccc21)OCc1nc2ccsc2c(=O)[nH]1. The van der Waals surface area contributed by atoms with Gasteiger partial charge in [-0.3, -0.25) is 14.4 Å². The molecule has 3 aromatic rings. The van der Waals surface area contributed by atoms with Crippen molar-refractivity contribution in [3.8, 4) is 5.75 Å². The zero-order valence-corrected chi connectivity index (χ0v) is 15.0. The summed E-state index contributed by atoms with van der Waals surface area (Å²) in [6, 6.07) is 8.90. The summed E-state index contributed by atoms with van der Waals surface area (Å²) in [6.07, 6.45) is 0.0189. The van der Waals surface area contributed by atoms with E-state index in [2.05, 4.69) is 9.97 Å². The first kappa shape index (κ1) is 17.2. The highest BCUT2D eigenvalue weighted by atomic mass is 32.1. The molecular weight excluding hydrogens is 370 g/mol. The molecule has 138 valence electrons. The Morgan fingerprint density at radius 3 is 3.04 bits per heavy atom. The monoisotopic (exact) mass is 385 g/mol. The van der Waals surface area contributed by atoms with Crippen LogP contribution < -0.4 is 15.2 Å². The molecule has 0 saturated carbocycles. The zero-order chi connectivity index (χ0) is 18.8. The molecule has 3 heterocycles. The van der Waals surface area contributed by atoms with Crippen LogP contribution in [0.3, 0.4) is 0 Å². The Morgan fingerprint density at radius 1 is 1.30 bits per heavy atom. The minimum absolute atomic E-state index is 0.0189. The Hall–Kier alpha value is -3.20. The number of hydrogen-bond donors (Lipinski definition) is 1. The van der Waals surface area contributed by atoms with Crippen LogP contribution in [0, 0.1) is 0 Å². The average molecular weight is 385 g/mol. The number of nitrogens with zero attached hydrogens (tertiary/aromatic N) is 2. The summed E-state index contributed by atoms with van der Waals surface area (Å²) < 4.78 is 11.1. The molecule has 1 aromatic carbocycles. The molecule has 2 aromatic heterocycles. The number of carbonyl (C=O) groups excluding carboxylic acids is 2. The van der Waals surface area contributed by atoms with E-state index in [0.29, 0.717) is 21.7 Å². The van der Waals surface area contributed by atoms with Gasteiger partial charge in [0.15, 0.2) is 6.61 Å². The quantitative estimate of drug-likeness (QED) is 0.673. The molecular formula is C18H15N3O5S. The first-order valence-corrected chi connectivity index (χ1v) is 9.14. The van der Waals surface area contributed by atoms with Crippen molar-refractivity contribution >= 4 is 39.1 Å². The number of benzene rings is 1. The molecule has 1 aliphatic heterocycles. The lowest BCUT2D eigenvalue weighted by Crippen LogP contribution is -2.40. The van der Waals surface area contributed by atoms with Crippen LogP contribution in [-0.4, -0.2) is 35.0 Å². The van der Waals surface area contributed by atoms with E-state index in [0.717, 1.165) is 0 Å². The third kappa shape index (κ3) is 3.54. The highest BCUT2D eigenvalue weighted by Gasteiger charge is 2.25. The topological polar surface area (TPSA) is 102 Å². The molecule has 9 heteroatoms. The number of amides is 1. The number of carbonyl (C=O) groups is 2. The smallest absolute Gasteiger partial charge is 0.308 e. The number of aromatic nitrogens is 2. The average Bonchev–Trinajstić information content (AvgIpc) is 3.15. The predicted octanol–water partition coefficient (Wildman–Crippen LogP) is 1.84. The number of rotatable bonds is 5. The molecule has 0 aliphatic carbocycles. The lowest BCUT2D eigenvalue weighted by atomic mass is 10.2. The largest absolute Gasteiger partial charge is 0.482 e. The maximum Gasteiger partial charge on any atom is 0.308 e. The van der Waals surface area contributed by atoms with Gasteiger partial charge in [0.25, 0.3) is 11.5 Å². The molecule has 27 heavy (non-hydrogen) atoms. The molecule has 1 amide bonds. The fraction of sp³-hybridized carbons (Fsp3) is 0.222. The number of para-hydroxylation sites is 2. The molecule has 0 atom stereocenters. The summed E-state index contributed by atoms with van der Waals surface area (Å²) in [5.41, 5.74) is 0.956. The molecule has 1 N–H and O–H groups in total. The van der Waals surface area contributed by atoms with Gasteiger partial charge in [0, 0.05) is 6.54 Å². The van der Waals surface area contributed by atoms with Gasteiger partial charge in [-0.15, -0.1) is 11.3 Å². The Labute approximate surface area is 157 Å². The summed E-state index contributed by atoms with van der Waals surface area (Å²) in [6.45, 7) is -0.00304. The van der Waals surface area contributed by atoms with Crippen LogP contribution in [0.1, 0.15) is 12.2 Å². The third-order valence-electron chi connectivity index (χ3n) is 4.08. The van der Waals surface area contributed by atoms with Gasteiger partial charge in [-0.2, -0.15) is 0 Å². The van der Waals surface area contributed by atoms with E-state index in [1.807, 2.05) is 6.07 Å². The summed E-state index contributed by atoms with van der Waals surface area (Å²) in [5.74, 6) is 0.193. The van der Waals surface area contributed by atoms with Crippen LogP contribution in [-0.2, 0) is 20.9 Å². The lowest BCUT2D eigenvalue weighted by Gasteiger charge is -2.28. The van der Waals surface area contributed by atoms with Crippen LogP contribution in [0.5, 0.6) is 5.75 Å². The second-order valence-electron chi connectivity index (χ2n) is 5.86.